The predicted octanol–water partition coefficient (Wildman–Crippen LogP) is 14.0. The lowest BCUT2D eigenvalue weighted by Gasteiger charge is -2.22. The number of hydrogen-bond acceptors (Lipinski definition) is 3. The van der Waals surface area contributed by atoms with Gasteiger partial charge in [0.15, 0.2) is 5.82 Å². The first kappa shape index (κ1) is 32.0. The number of nitrogens with zero attached hydrogens (tertiary/aromatic N) is 4. The molecule has 0 unspecified atom stereocenters. The normalized spacial score (nSPS) is 11.9. The summed E-state index contributed by atoms with van der Waals surface area (Å²) in [6.07, 6.45) is 0. The van der Waals surface area contributed by atoms with Crippen LogP contribution in [0.5, 0.6) is 0 Å². The third-order valence-electron chi connectivity index (χ3n) is 11.3. The van der Waals surface area contributed by atoms with Gasteiger partial charge in [-0.3, -0.25) is 0 Å². The summed E-state index contributed by atoms with van der Waals surface area (Å²) in [5, 5.41) is 7.27. The summed E-state index contributed by atoms with van der Waals surface area (Å²) in [4.78, 5) is 11.0. The first-order valence-electron chi connectivity index (χ1n) is 19.3. The molecule has 0 saturated heterocycles. The molecule has 0 aliphatic rings. The summed E-state index contributed by atoms with van der Waals surface area (Å²) in [5.74, 6) is 0.674. The Kier molecular flexibility index (Phi) is 7.06. The van der Waals surface area contributed by atoms with Gasteiger partial charge >= 0.3 is 0 Å². The quantitative estimate of drug-likeness (QED) is 0.176. The van der Waals surface area contributed by atoms with Crippen molar-refractivity contribution >= 4 is 75.1 Å². The molecule has 0 bridgehead atoms. The SMILES string of the molecule is c1ccc(-c2cc(-c3ccccc3)nc(-c3cc4sc5ccccc5c4c(-n4c5ccccc5c5ccccc54)c3-n3c4ccccc4c4ccccc43)n2)cc1. The summed E-state index contributed by atoms with van der Waals surface area (Å²) in [7, 11) is 0. The number of fused-ring (bicyclic) bond motifs is 9. The lowest BCUT2D eigenvalue weighted by atomic mass is 10.0. The van der Waals surface area contributed by atoms with E-state index in [4.69, 9.17) is 9.97 Å². The highest BCUT2D eigenvalue weighted by atomic mass is 32.1. The Morgan fingerprint density at radius 1 is 0.351 bits per heavy atom. The van der Waals surface area contributed by atoms with E-state index in [1.54, 1.807) is 0 Å². The van der Waals surface area contributed by atoms with Gasteiger partial charge in [-0.15, -0.1) is 11.3 Å². The van der Waals surface area contributed by atoms with Crippen LogP contribution in [0.15, 0.2) is 194 Å². The van der Waals surface area contributed by atoms with E-state index in [9.17, 15) is 0 Å². The number of aromatic nitrogens is 4. The fraction of sp³-hybridized carbons (Fsp3) is 0. The van der Waals surface area contributed by atoms with Gasteiger partial charge in [-0.05, 0) is 42.5 Å². The van der Waals surface area contributed by atoms with Gasteiger partial charge in [0.05, 0.1) is 44.8 Å². The molecule has 4 aromatic heterocycles. The van der Waals surface area contributed by atoms with Gasteiger partial charge in [0, 0.05) is 58.4 Å². The lowest BCUT2D eigenvalue weighted by molar-refractivity contribution is 1.10. The predicted molar refractivity (Wildman–Crippen MR) is 240 cm³/mol. The van der Waals surface area contributed by atoms with Crippen molar-refractivity contribution in [2.24, 2.45) is 0 Å². The fourth-order valence-electron chi connectivity index (χ4n) is 8.88. The largest absolute Gasteiger partial charge is 0.307 e. The molecule has 0 radical (unpaired) electrons. The Morgan fingerprint density at radius 2 is 0.754 bits per heavy atom. The summed E-state index contributed by atoms with van der Waals surface area (Å²) >= 11 is 1.83. The van der Waals surface area contributed by atoms with Crippen LogP contribution in [0.25, 0.3) is 109 Å². The van der Waals surface area contributed by atoms with Gasteiger partial charge in [-0.1, -0.05) is 152 Å². The second-order valence-corrected chi connectivity index (χ2v) is 15.6. The van der Waals surface area contributed by atoms with Crippen molar-refractivity contribution in [3.63, 3.8) is 0 Å². The van der Waals surface area contributed by atoms with Crippen LogP contribution in [0.4, 0.5) is 0 Å². The Bertz CT molecular complexity index is 3360. The molecule has 4 nitrogen and oxygen atoms in total. The lowest BCUT2D eigenvalue weighted by Crippen LogP contribution is -2.08. The molecular formula is C52H32N4S. The molecule has 0 saturated carbocycles. The minimum atomic E-state index is 0.674. The van der Waals surface area contributed by atoms with Crippen molar-refractivity contribution in [3.8, 4) is 45.3 Å². The molecule has 266 valence electrons. The van der Waals surface area contributed by atoms with Crippen LogP contribution < -0.4 is 0 Å². The average molecular weight is 745 g/mol. The van der Waals surface area contributed by atoms with Crippen LogP contribution in [0.3, 0.4) is 0 Å². The first-order chi connectivity index (χ1) is 28.3. The minimum absolute atomic E-state index is 0.674. The van der Waals surface area contributed by atoms with E-state index >= 15 is 0 Å². The zero-order valence-electron chi connectivity index (χ0n) is 30.7. The molecule has 57 heavy (non-hydrogen) atoms. The Labute approximate surface area is 332 Å². The van der Waals surface area contributed by atoms with E-state index < -0.39 is 0 Å². The van der Waals surface area contributed by atoms with E-state index in [-0.39, 0.29) is 0 Å². The summed E-state index contributed by atoms with van der Waals surface area (Å²) < 4.78 is 7.41. The molecule has 4 heterocycles. The number of hydrogen-bond donors (Lipinski definition) is 0. The van der Waals surface area contributed by atoms with Gasteiger partial charge in [-0.2, -0.15) is 0 Å². The van der Waals surface area contributed by atoms with E-state index in [1.807, 2.05) is 11.3 Å². The third-order valence-corrected chi connectivity index (χ3v) is 12.4. The molecule has 0 fully saturated rings. The second kappa shape index (κ2) is 12.6. The third kappa shape index (κ3) is 4.86. The van der Waals surface area contributed by atoms with Crippen LogP contribution in [-0.2, 0) is 0 Å². The highest BCUT2D eigenvalue weighted by Crippen LogP contribution is 2.49. The molecule has 5 heteroatoms. The van der Waals surface area contributed by atoms with Gasteiger partial charge in [-0.25, -0.2) is 9.97 Å². The van der Waals surface area contributed by atoms with Crippen LogP contribution in [0.1, 0.15) is 0 Å². The van der Waals surface area contributed by atoms with E-state index in [0.717, 1.165) is 61.5 Å². The van der Waals surface area contributed by atoms with Gasteiger partial charge < -0.3 is 9.13 Å². The monoisotopic (exact) mass is 744 g/mol. The molecule has 0 aliphatic heterocycles. The Hall–Kier alpha value is -7.34. The average Bonchev–Trinajstić information content (AvgIpc) is 3.94. The molecule has 0 atom stereocenters. The number of benzene rings is 8. The van der Waals surface area contributed by atoms with Crippen molar-refractivity contribution < 1.29 is 0 Å². The van der Waals surface area contributed by atoms with Crippen LogP contribution >= 0.6 is 11.3 Å². The fourth-order valence-corrected chi connectivity index (χ4v) is 10.0. The molecule has 0 spiro atoms. The van der Waals surface area contributed by atoms with E-state index in [0.29, 0.717) is 5.82 Å². The van der Waals surface area contributed by atoms with E-state index in [1.165, 1.54) is 41.7 Å². The Morgan fingerprint density at radius 3 is 1.25 bits per heavy atom. The van der Waals surface area contributed by atoms with Gasteiger partial charge in [0.1, 0.15) is 0 Å². The molecule has 12 rings (SSSR count). The zero-order chi connectivity index (χ0) is 37.5. The Balaban J connectivity index is 1.35. The van der Waals surface area contributed by atoms with Crippen molar-refractivity contribution in [1.82, 2.24) is 19.1 Å². The van der Waals surface area contributed by atoms with Gasteiger partial charge in [0.25, 0.3) is 0 Å². The summed E-state index contributed by atoms with van der Waals surface area (Å²) in [6.45, 7) is 0. The van der Waals surface area contributed by atoms with Crippen LogP contribution in [-0.4, -0.2) is 19.1 Å². The topological polar surface area (TPSA) is 35.6 Å². The molecule has 0 N–H and O–H groups in total. The number of thiophene rings is 1. The van der Waals surface area contributed by atoms with Crippen molar-refractivity contribution in [2.75, 3.05) is 0 Å². The second-order valence-electron chi connectivity index (χ2n) is 14.5. The maximum absolute atomic E-state index is 5.51. The summed E-state index contributed by atoms with van der Waals surface area (Å²) in [6, 6.07) is 69.4. The van der Waals surface area contributed by atoms with E-state index in [2.05, 4.69) is 203 Å². The maximum Gasteiger partial charge on any atom is 0.162 e. The molecule has 0 aliphatic carbocycles. The van der Waals surface area contributed by atoms with Gasteiger partial charge in [0.2, 0.25) is 0 Å². The zero-order valence-corrected chi connectivity index (χ0v) is 31.5. The highest BCUT2D eigenvalue weighted by Gasteiger charge is 2.28. The maximum atomic E-state index is 5.51. The first-order valence-corrected chi connectivity index (χ1v) is 20.1. The molecule has 8 aromatic carbocycles. The molecule has 0 amide bonds. The minimum Gasteiger partial charge on any atom is -0.307 e. The summed E-state index contributed by atoms with van der Waals surface area (Å²) in [5.41, 5.74) is 11.5. The smallest absolute Gasteiger partial charge is 0.162 e. The standard InChI is InChI=1S/C52H32N4S/c1-3-17-33(18-4-1)41-32-42(34-19-5-2-6-20-34)54-52(53-41)40-31-48-49(39-25-11-16-30-47(39)57-48)51(56-45-28-14-9-23-37(45)38-24-10-15-29-46(38)56)50(40)55-43-26-12-7-21-35(43)36-22-8-13-27-44(36)55/h1-32H. The van der Waals surface area contributed by atoms with Crippen molar-refractivity contribution in [3.05, 3.63) is 194 Å². The van der Waals surface area contributed by atoms with Crippen molar-refractivity contribution in [1.29, 1.82) is 0 Å². The van der Waals surface area contributed by atoms with Crippen molar-refractivity contribution in [2.45, 2.75) is 0 Å². The molecular weight excluding hydrogens is 713 g/mol. The highest BCUT2D eigenvalue weighted by molar-refractivity contribution is 7.26. The van der Waals surface area contributed by atoms with Crippen LogP contribution in [0, 0.1) is 0 Å². The van der Waals surface area contributed by atoms with Crippen LogP contribution in [0.2, 0.25) is 0 Å². The number of rotatable bonds is 5. The molecule has 12 aromatic rings. The number of para-hydroxylation sites is 4.